The molecule has 1 aromatic rings. The molecule has 2 unspecified atom stereocenters. The topological polar surface area (TPSA) is 29.1 Å². The fourth-order valence-electron chi connectivity index (χ4n) is 3.88. The predicted molar refractivity (Wildman–Crippen MR) is 103 cm³/mol. The summed E-state index contributed by atoms with van der Waals surface area (Å²) in [7, 11) is 0. The highest BCUT2D eigenvalue weighted by Crippen LogP contribution is 2.54. The number of benzene rings is 1. The van der Waals surface area contributed by atoms with Crippen LogP contribution in [0.2, 0.25) is 5.02 Å². The van der Waals surface area contributed by atoms with E-state index in [-0.39, 0.29) is 28.6 Å². The summed E-state index contributed by atoms with van der Waals surface area (Å²) in [6.07, 6.45) is 4.09. The average molecular weight is 406 g/mol. The summed E-state index contributed by atoms with van der Waals surface area (Å²) < 4.78 is 44.1. The van der Waals surface area contributed by atoms with Gasteiger partial charge in [-0.25, -0.2) is 0 Å². The van der Waals surface area contributed by atoms with E-state index in [1.807, 2.05) is 12.2 Å². The van der Waals surface area contributed by atoms with Crippen molar-refractivity contribution in [1.29, 1.82) is 0 Å². The van der Waals surface area contributed by atoms with E-state index in [0.717, 1.165) is 31.3 Å². The van der Waals surface area contributed by atoms with Crippen LogP contribution in [0.1, 0.15) is 37.7 Å². The number of alkyl halides is 3. The molecule has 0 spiro atoms. The van der Waals surface area contributed by atoms with Gasteiger partial charge in [0.25, 0.3) is 0 Å². The smallest absolute Gasteiger partial charge is 0.325 e. The number of carbonyl (C=O) groups is 1. The summed E-state index contributed by atoms with van der Waals surface area (Å²) in [5, 5.41) is 2.83. The first-order valence-corrected chi connectivity index (χ1v) is 9.75. The molecule has 1 saturated carbocycles. The van der Waals surface area contributed by atoms with Gasteiger partial charge in [0.05, 0.1) is 5.92 Å². The van der Waals surface area contributed by atoms with Crippen LogP contribution in [-0.2, 0) is 10.2 Å². The predicted octanol–water partition coefficient (Wildman–Crippen LogP) is 5.79. The number of hydrogen-bond acceptors (Lipinski definition) is 1. The zero-order valence-electron chi connectivity index (χ0n) is 15.1. The molecule has 4 rings (SSSR count). The number of halogens is 4. The number of nitrogens with one attached hydrogen (secondary N) is 1. The molecule has 0 radical (unpaired) electrons. The molecule has 2 atom stereocenters. The van der Waals surface area contributed by atoms with Gasteiger partial charge in [-0.3, -0.25) is 4.79 Å². The van der Waals surface area contributed by atoms with Crippen molar-refractivity contribution >= 4 is 23.2 Å². The van der Waals surface area contributed by atoms with E-state index in [9.17, 15) is 18.0 Å². The van der Waals surface area contributed by atoms with E-state index in [0.29, 0.717) is 0 Å². The first-order chi connectivity index (χ1) is 13.3. The van der Waals surface area contributed by atoms with Crippen LogP contribution >= 0.6 is 11.6 Å². The maximum atomic E-state index is 14.7. The Morgan fingerprint density at radius 2 is 2.04 bits per heavy atom. The molecule has 0 saturated heterocycles. The number of amides is 1. The monoisotopic (exact) mass is 405 g/mol. The standard InChI is InChI=1S/C22H19ClF3NO/c23-16-8-9-19-17(13-16)21(22(24,25)26,11-10-14-6-7-14)18(20(28)27-19)12-15-4-2-1-3-5-15/h2,4-5,8-9,13-14,18H,1,3,6-7,12H2,(H,27,28). The van der Waals surface area contributed by atoms with Crippen LogP contribution in [0.4, 0.5) is 18.9 Å². The first-order valence-electron chi connectivity index (χ1n) is 9.37. The molecule has 1 N–H and O–H groups in total. The Balaban J connectivity index is 1.91. The van der Waals surface area contributed by atoms with Gasteiger partial charge < -0.3 is 5.32 Å². The molecule has 1 aliphatic heterocycles. The molecule has 0 bridgehead atoms. The Kier molecular flexibility index (Phi) is 4.79. The van der Waals surface area contributed by atoms with Crippen LogP contribution in [0, 0.1) is 23.7 Å². The highest BCUT2D eigenvalue weighted by molar-refractivity contribution is 6.30. The summed E-state index contributed by atoms with van der Waals surface area (Å²) >= 11 is 6.05. The van der Waals surface area contributed by atoms with Crippen molar-refractivity contribution in [3.8, 4) is 11.8 Å². The van der Waals surface area contributed by atoms with E-state index in [1.165, 1.54) is 18.2 Å². The van der Waals surface area contributed by atoms with Crippen molar-refractivity contribution in [3.63, 3.8) is 0 Å². The lowest BCUT2D eigenvalue weighted by atomic mass is 9.64. The number of hydrogen-bond donors (Lipinski definition) is 1. The zero-order chi connectivity index (χ0) is 19.9. The maximum absolute atomic E-state index is 14.7. The van der Waals surface area contributed by atoms with Crippen LogP contribution in [0.3, 0.4) is 0 Å². The second-order valence-corrected chi connectivity index (χ2v) is 7.98. The summed E-state index contributed by atoms with van der Waals surface area (Å²) in [5.74, 6) is 3.28. The third kappa shape index (κ3) is 3.35. The van der Waals surface area contributed by atoms with E-state index in [2.05, 4.69) is 17.2 Å². The fourth-order valence-corrected chi connectivity index (χ4v) is 4.05. The Labute approximate surface area is 166 Å². The lowest BCUT2D eigenvalue weighted by Crippen LogP contribution is -2.55. The molecular formula is C22H19ClF3NO. The second kappa shape index (κ2) is 7.00. The van der Waals surface area contributed by atoms with Crippen molar-refractivity contribution in [3.05, 3.63) is 52.6 Å². The van der Waals surface area contributed by atoms with E-state index in [1.54, 1.807) is 6.08 Å². The SMILES string of the molecule is O=C1Nc2ccc(Cl)cc2C(C#CC2CC2)(C(F)(F)F)C1CC1=CCCC=C1. The summed E-state index contributed by atoms with van der Waals surface area (Å²) in [6.45, 7) is 0. The molecule has 1 amide bonds. The maximum Gasteiger partial charge on any atom is 0.409 e. The van der Waals surface area contributed by atoms with Gasteiger partial charge in [0.1, 0.15) is 0 Å². The van der Waals surface area contributed by atoms with Gasteiger partial charge in [-0.1, -0.05) is 47.2 Å². The van der Waals surface area contributed by atoms with Crippen LogP contribution in [0.5, 0.6) is 0 Å². The highest BCUT2D eigenvalue weighted by atomic mass is 35.5. The summed E-state index contributed by atoms with van der Waals surface area (Å²) in [5.41, 5.74) is -1.78. The van der Waals surface area contributed by atoms with Crippen LogP contribution in [-0.4, -0.2) is 12.1 Å². The third-order valence-corrected chi connectivity index (χ3v) is 5.75. The highest BCUT2D eigenvalue weighted by Gasteiger charge is 2.64. The molecular weight excluding hydrogens is 387 g/mol. The molecule has 6 heteroatoms. The number of allylic oxidation sites excluding steroid dienone is 4. The minimum absolute atomic E-state index is 0.0207. The molecule has 1 heterocycles. The molecule has 3 aliphatic rings. The second-order valence-electron chi connectivity index (χ2n) is 7.54. The molecule has 1 fully saturated rings. The van der Waals surface area contributed by atoms with Gasteiger partial charge >= 0.3 is 6.18 Å². The summed E-state index contributed by atoms with van der Waals surface area (Å²) in [6, 6.07) is 4.19. The Morgan fingerprint density at radius 1 is 1.25 bits per heavy atom. The number of fused-ring (bicyclic) bond motifs is 1. The van der Waals surface area contributed by atoms with Gasteiger partial charge in [0, 0.05) is 22.2 Å². The third-order valence-electron chi connectivity index (χ3n) is 5.51. The van der Waals surface area contributed by atoms with E-state index in [4.69, 9.17) is 11.6 Å². The quantitative estimate of drug-likeness (QED) is 0.620. The normalized spacial score (nSPS) is 26.6. The number of carbonyl (C=O) groups excluding carboxylic acids is 1. The van der Waals surface area contributed by atoms with Gasteiger partial charge in [0.15, 0.2) is 5.41 Å². The molecule has 2 aliphatic carbocycles. The molecule has 1 aromatic carbocycles. The lowest BCUT2D eigenvalue weighted by molar-refractivity contribution is -0.190. The van der Waals surface area contributed by atoms with E-state index >= 15 is 0 Å². The molecule has 0 aromatic heterocycles. The summed E-state index contributed by atoms with van der Waals surface area (Å²) in [4.78, 5) is 12.9. The number of anilines is 1. The minimum Gasteiger partial charge on any atom is -0.325 e. The van der Waals surface area contributed by atoms with Crippen molar-refractivity contribution in [2.24, 2.45) is 11.8 Å². The van der Waals surface area contributed by atoms with Crippen LogP contribution < -0.4 is 5.32 Å². The van der Waals surface area contributed by atoms with Crippen molar-refractivity contribution < 1.29 is 18.0 Å². The van der Waals surface area contributed by atoms with Gasteiger partial charge in [0.2, 0.25) is 5.91 Å². The molecule has 146 valence electrons. The van der Waals surface area contributed by atoms with Gasteiger partial charge in [-0.2, -0.15) is 13.2 Å². The Bertz CT molecular complexity index is 933. The van der Waals surface area contributed by atoms with Crippen LogP contribution in [0.25, 0.3) is 0 Å². The minimum atomic E-state index is -4.73. The van der Waals surface area contributed by atoms with Crippen molar-refractivity contribution in [2.75, 3.05) is 5.32 Å². The van der Waals surface area contributed by atoms with Crippen LogP contribution in [0.15, 0.2) is 42.0 Å². The average Bonchev–Trinajstić information content (AvgIpc) is 3.46. The Hall–Kier alpha value is -2.19. The molecule has 2 nitrogen and oxygen atoms in total. The van der Waals surface area contributed by atoms with Gasteiger partial charge in [-0.15, -0.1) is 0 Å². The molecule has 28 heavy (non-hydrogen) atoms. The van der Waals surface area contributed by atoms with Crippen molar-refractivity contribution in [2.45, 2.75) is 43.7 Å². The van der Waals surface area contributed by atoms with Crippen molar-refractivity contribution in [1.82, 2.24) is 0 Å². The zero-order valence-corrected chi connectivity index (χ0v) is 15.8. The Morgan fingerprint density at radius 3 is 2.68 bits per heavy atom. The first kappa shape index (κ1) is 19.1. The number of rotatable bonds is 2. The largest absolute Gasteiger partial charge is 0.409 e. The fraction of sp³-hybridized carbons (Fsp3) is 0.409. The van der Waals surface area contributed by atoms with E-state index < -0.39 is 23.4 Å². The van der Waals surface area contributed by atoms with Gasteiger partial charge in [-0.05, 0) is 50.3 Å². The lowest BCUT2D eigenvalue weighted by Gasteiger charge is -2.42.